The van der Waals surface area contributed by atoms with Crippen LogP contribution in [-0.2, 0) is 6.54 Å². The van der Waals surface area contributed by atoms with Gasteiger partial charge in [0.05, 0.1) is 18.7 Å². The van der Waals surface area contributed by atoms with Crippen molar-refractivity contribution in [3.05, 3.63) is 34.1 Å². The number of aromatic nitrogens is 1. The Labute approximate surface area is 175 Å². The van der Waals surface area contributed by atoms with Crippen LogP contribution in [0.2, 0.25) is 0 Å². The van der Waals surface area contributed by atoms with Crippen molar-refractivity contribution < 1.29 is 14.6 Å². The summed E-state index contributed by atoms with van der Waals surface area (Å²) in [5.41, 5.74) is 1.08. The molecule has 0 unspecified atom stereocenters. The molecular weight excluding hydrogens is 392 g/mol. The first kappa shape index (κ1) is 21.4. The molecule has 3 N–H and O–H groups in total. The molecule has 0 atom stereocenters. The van der Waals surface area contributed by atoms with Crippen LogP contribution in [-0.4, -0.2) is 78.6 Å². The second-order valence-electron chi connectivity index (χ2n) is 7.24. The minimum atomic E-state index is -0.187. The van der Waals surface area contributed by atoms with Crippen LogP contribution in [0.15, 0.2) is 23.0 Å². The van der Waals surface area contributed by atoms with E-state index in [2.05, 4.69) is 15.2 Å². The molecule has 0 bridgehead atoms. The van der Waals surface area contributed by atoms with E-state index in [1.54, 1.807) is 11.0 Å². The number of thiocarbonyl (C=S) groups is 1. The smallest absolute Gasteiger partial charge is 0.253 e. The Bertz CT molecular complexity index is 915. The molecular formula is C20H28N4O4S. The van der Waals surface area contributed by atoms with Gasteiger partial charge in [0.25, 0.3) is 5.56 Å². The lowest BCUT2D eigenvalue weighted by atomic mass is 10.1. The van der Waals surface area contributed by atoms with Gasteiger partial charge in [-0.2, -0.15) is 0 Å². The van der Waals surface area contributed by atoms with Crippen molar-refractivity contribution in [1.82, 2.24) is 20.1 Å². The number of rotatable bonds is 8. The number of hydrogen-bond acceptors (Lipinski definition) is 6. The van der Waals surface area contributed by atoms with Gasteiger partial charge in [-0.1, -0.05) is 0 Å². The highest BCUT2D eigenvalue weighted by Crippen LogP contribution is 2.33. The van der Waals surface area contributed by atoms with Gasteiger partial charge in [0, 0.05) is 30.1 Å². The van der Waals surface area contributed by atoms with Crippen molar-refractivity contribution in [2.45, 2.75) is 13.0 Å². The normalized spacial score (nSPS) is 13.0. The molecule has 0 spiro atoms. The summed E-state index contributed by atoms with van der Waals surface area (Å²) in [7, 11) is 4.05. The summed E-state index contributed by atoms with van der Waals surface area (Å²) in [6.07, 6.45) is 0.948. The first-order chi connectivity index (χ1) is 14.0. The van der Waals surface area contributed by atoms with Crippen LogP contribution in [0.4, 0.5) is 0 Å². The number of nitrogens with zero attached hydrogens (tertiary/aromatic N) is 2. The highest BCUT2D eigenvalue weighted by molar-refractivity contribution is 7.80. The number of pyridine rings is 1. The number of ether oxygens (including phenoxy) is 2. The molecule has 1 aliphatic rings. The van der Waals surface area contributed by atoms with Crippen molar-refractivity contribution in [3.8, 4) is 11.5 Å². The summed E-state index contributed by atoms with van der Waals surface area (Å²) in [6, 6.07) is 5.50. The molecule has 2 heterocycles. The fourth-order valence-corrected chi connectivity index (χ4v) is 3.44. The van der Waals surface area contributed by atoms with E-state index in [1.165, 1.54) is 0 Å². The topological polar surface area (TPSA) is 90.1 Å². The van der Waals surface area contributed by atoms with E-state index >= 15 is 0 Å². The average molecular weight is 421 g/mol. The first-order valence-corrected chi connectivity index (χ1v) is 10.1. The second-order valence-corrected chi connectivity index (χ2v) is 7.63. The molecule has 0 radical (unpaired) electrons. The third-order valence-electron chi connectivity index (χ3n) is 4.66. The van der Waals surface area contributed by atoms with Gasteiger partial charge in [-0.3, -0.25) is 4.79 Å². The van der Waals surface area contributed by atoms with E-state index in [4.69, 9.17) is 21.7 Å². The van der Waals surface area contributed by atoms with E-state index in [0.717, 1.165) is 24.9 Å². The lowest BCUT2D eigenvalue weighted by molar-refractivity contribution is 0.172. The number of benzene rings is 1. The molecule has 9 heteroatoms. The lowest BCUT2D eigenvalue weighted by Gasteiger charge is -2.25. The van der Waals surface area contributed by atoms with Crippen molar-refractivity contribution >= 4 is 28.2 Å². The molecule has 1 aromatic carbocycles. The maximum absolute atomic E-state index is 12.6. The van der Waals surface area contributed by atoms with Crippen molar-refractivity contribution in [1.29, 1.82) is 0 Å². The molecule has 0 fully saturated rings. The van der Waals surface area contributed by atoms with Gasteiger partial charge in [-0.05, 0) is 51.4 Å². The summed E-state index contributed by atoms with van der Waals surface area (Å²) in [4.78, 5) is 19.4. The van der Waals surface area contributed by atoms with Crippen LogP contribution in [0.25, 0.3) is 10.9 Å². The number of hydrogen-bond donors (Lipinski definition) is 3. The zero-order chi connectivity index (χ0) is 20.8. The highest BCUT2D eigenvalue weighted by atomic mass is 32.1. The largest absolute Gasteiger partial charge is 0.486 e. The monoisotopic (exact) mass is 420 g/mol. The summed E-state index contributed by atoms with van der Waals surface area (Å²) < 4.78 is 11.2. The van der Waals surface area contributed by atoms with Crippen LogP contribution < -0.4 is 20.3 Å². The molecule has 0 amide bonds. The van der Waals surface area contributed by atoms with E-state index in [9.17, 15) is 9.90 Å². The zero-order valence-electron chi connectivity index (χ0n) is 16.9. The quantitative estimate of drug-likeness (QED) is 0.429. The van der Waals surface area contributed by atoms with Crippen LogP contribution in [0.5, 0.6) is 11.5 Å². The van der Waals surface area contributed by atoms with Crippen LogP contribution in [0.1, 0.15) is 12.0 Å². The van der Waals surface area contributed by atoms with Crippen LogP contribution in [0, 0.1) is 0 Å². The second kappa shape index (κ2) is 9.91. The Balaban J connectivity index is 1.75. The maximum atomic E-state index is 12.6. The summed E-state index contributed by atoms with van der Waals surface area (Å²) in [6.45, 7) is 3.29. The first-order valence-electron chi connectivity index (χ1n) is 9.72. The standard InChI is InChI=1S/C20H28N4O4S/c1-23(2)5-3-4-21-20(29)24(6-7-25)13-15-10-14-11-17-18(28-9-8-27-17)12-16(14)22-19(15)26/h10-12,25H,3-9,13H2,1-2H3,(H,21,29)(H,22,26). The summed E-state index contributed by atoms with van der Waals surface area (Å²) in [5.74, 6) is 1.31. The third-order valence-corrected chi connectivity index (χ3v) is 5.06. The fraction of sp³-hybridized carbons (Fsp3) is 0.500. The molecule has 3 rings (SSSR count). The Morgan fingerprint density at radius 1 is 1.21 bits per heavy atom. The number of H-pyrrole nitrogens is 1. The predicted molar refractivity (Wildman–Crippen MR) is 117 cm³/mol. The van der Waals surface area contributed by atoms with Gasteiger partial charge >= 0.3 is 0 Å². The molecule has 29 heavy (non-hydrogen) atoms. The number of fused-ring (bicyclic) bond motifs is 2. The molecule has 0 saturated heterocycles. The van der Waals surface area contributed by atoms with Gasteiger partial charge in [0.1, 0.15) is 13.2 Å². The van der Waals surface area contributed by atoms with Crippen molar-refractivity contribution in [2.24, 2.45) is 0 Å². The number of aliphatic hydroxyl groups is 1. The van der Waals surface area contributed by atoms with Gasteiger partial charge in [0.15, 0.2) is 16.6 Å². The molecule has 0 aliphatic carbocycles. The Morgan fingerprint density at radius 2 is 1.93 bits per heavy atom. The predicted octanol–water partition coefficient (Wildman–Crippen LogP) is 0.920. The Hall–Kier alpha value is -2.36. The maximum Gasteiger partial charge on any atom is 0.253 e. The summed E-state index contributed by atoms with van der Waals surface area (Å²) >= 11 is 5.48. The third kappa shape index (κ3) is 5.59. The van der Waals surface area contributed by atoms with Gasteiger partial charge < -0.3 is 34.7 Å². The minimum Gasteiger partial charge on any atom is -0.486 e. The van der Waals surface area contributed by atoms with Crippen molar-refractivity contribution in [3.63, 3.8) is 0 Å². The zero-order valence-corrected chi connectivity index (χ0v) is 17.7. The molecule has 1 aromatic heterocycles. The SMILES string of the molecule is CN(C)CCCNC(=S)N(CCO)Cc1cc2cc3c(cc2[nH]c1=O)OCCO3. The van der Waals surface area contributed by atoms with Gasteiger partial charge in [-0.25, -0.2) is 0 Å². The van der Waals surface area contributed by atoms with E-state index in [-0.39, 0.29) is 12.2 Å². The minimum absolute atomic E-state index is 0.0519. The number of aromatic amines is 1. The van der Waals surface area contributed by atoms with E-state index < -0.39 is 0 Å². The Kier molecular flexibility index (Phi) is 7.29. The van der Waals surface area contributed by atoms with Crippen LogP contribution >= 0.6 is 12.2 Å². The Morgan fingerprint density at radius 3 is 2.62 bits per heavy atom. The summed E-state index contributed by atoms with van der Waals surface area (Å²) in [5, 5.41) is 14.0. The highest BCUT2D eigenvalue weighted by Gasteiger charge is 2.16. The molecule has 158 valence electrons. The fourth-order valence-electron chi connectivity index (χ4n) is 3.19. The van der Waals surface area contributed by atoms with Crippen molar-refractivity contribution in [2.75, 3.05) is 53.6 Å². The number of aliphatic hydroxyl groups excluding tert-OH is 1. The van der Waals surface area contributed by atoms with Gasteiger partial charge in [0.2, 0.25) is 0 Å². The number of nitrogens with one attached hydrogen (secondary N) is 2. The average Bonchev–Trinajstić information content (AvgIpc) is 2.69. The molecule has 2 aromatic rings. The van der Waals surface area contributed by atoms with E-state index in [0.29, 0.717) is 54.0 Å². The molecule has 1 aliphatic heterocycles. The van der Waals surface area contributed by atoms with Gasteiger partial charge in [-0.15, -0.1) is 0 Å². The van der Waals surface area contributed by atoms with E-state index in [1.807, 2.05) is 26.2 Å². The molecule has 0 saturated carbocycles. The lowest BCUT2D eigenvalue weighted by Crippen LogP contribution is -2.42. The van der Waals surface area contributed by atoms with Crippen LogP contribution in [0.3, 0.4) is 0 Å². The molecule has 8 nitrogen and oxygen atoms in total.